The Balaban J connectivity index is 1.90. The summed E-state index contributed by atoms with van der Waals surface area (Å²) in [7, 11) is 0. The quantitative estimate of drug-likeness (QED) is 0.818. The standard InChI is InChI=1S/C16H21N3O3/c1-3-12-6-8-13(9-7-12)15(21)17-18-16(22)14-5-4-10-19(14)11(2)20/h6-9,14H,3-5,10H2,1-2H3,(H,17,21)(H,18,22). The summed E-state index contributed by atoms with van der Waals surface area (Å²) in [5.74, 6) is -0.853. The molecule has 22 heavy (non-hydrogen) atoms. The van der Waals surface area contributed by atoms with Crippen LogP contribution in [0.3, 0.4) is 0 Å². The maximum atomic E-state index is 12.1. The minimum atomic E-state index is -0.500. The van der Waals surface area contributed by atoms with Crippen molar-refractivity contribution in [2.45, 2.75) is 39.2 Å². The van der Waals surface area contributed by atoms with Gasteiger partial charge in [0.15, 0.2) is 0 Å². The molecule has 118 valence electrons. The summed E-state index contributed by atoms with van der Waals surface area (Å²) in [5.41, 5.74) is 6.42. The minimum Gasteiger partial charge on any atom is -0.331 e. The number of hydrogen-bond acceptors (Lipinski definition) is 3. The third kappa shape index (κ3) is 3.63. The van der Waals surface area contributed by atoms with Gasteiger partial charge in [-0.15, -0.1) is 0 Å². The van der Waals surface area contributed by atoms with E-state index >= 15 is 0 Å². The highest BCUT2D eigenvalue weighted by atomic mass is 16.2. The van der Waals surface area contributed by atoms with Crippen molar-refractivity contribution < 1.29 is 14.4 Å². The summed E-state index contributed by atoms with van der Waals surface area (Å²) in [6.45, 7) is 4.07. The molecule has 1 aliphatic rings. The van der Waals surface area contributed by atoms with Gasteiger partial charge in [-0.1, -0.05) is 19.1 Å². The fraction of sp³-hybridized carbons (Fsp3) is 0.438. The van der Waals surface area contributed by atoms with Crippen molar-refractivity contribution in [3.05, 3.63) is 35.4 Å². The van der Waals surface area contributed by atoms with Crippen LogP contribution >= 0.6 is 0 Å². The van der Waals surface area contributed by atoms with Crippen LogP contribution in [0.5, 0.6) is 0 Å². The molecular weight excluding hydrogens is 282 g/mol. The Kier molecular flexibility index (Phi) is 5.14. The molecule has 1 unspecified atom stereocenters. The molecule has 6 heteroatoms. The Morgan fingerprint density at radius 1 is 1.18 bits per heavy atom. The maximum Gasteiger partial charge on any atom is 0.269 e. The van der Waals surface area contributed by atoms with Gasteiger partial charge in [-0.05, 0) is 37.0 Å². The number of rotatable bonds is 3. The first-order valence-electron chi connectivity index (χ1n) is 7.49. The van der Waals surface area contributed by atoms with Gasteiger partial charge in [0.2, 0.25) is 5.91 Å². The average molecular weight is 303 g/mol. The number of likely N-dealkylation sites (tertiary alicyclic amines) is 1. The van der Waals surface area contributed by atoms with E-state index in [2.05, 4.69) is 10.9 Å². The number of nitrogens with zero attached hydrogens (tertiary/aromatic N) is 1. The normalized spacial score (nSPS) is 17.2. The molecule has 1 heterocycles. The highest BCUT2D eigenvalue weighted by molar-refractivity contribution is 5.96. The highest BCUT2D eigenvalue weighted by Gasteiger charge is 2.32. The Morgan fingerprint density at radius 2 is 1.86 bits per heavy atom. The van der Waals surface area contributed by atoms with Crippen LogP contribution in [0.2, 0.25) is 0 Å². The molecule has 3 amide bonds. The molecule has 0 aliphatic carbocycles. The zero-order valence-electron chi connectivity index (χ0n) is 12.9. The number of carbonyl (C=O) groups excluding carboxylic acids is 3. The average Bonchev–Trinajstić information content (AvgIpc) is 3.02. The number of hydrogen-bond donors (Lipinski definition) is 2. The van der Waals surface area contributed by atoms with E-state index in [0.29, 0.717) is 18.5 Å². The maximum absolute atomic E-state index is 12.1. The van der Waals surface area contributed by atoms with E-state index in [-0.39, 0.29) is 17.7 Å². The Morgan fingerprint density at radius 3 is 2.45 bits per heavy atom. The van der Waals surface area contributed by atoms with Gasteiger partial charge in [0.05, 0.1) is 0 Å². The third-order valence-electron chi connectivity index (χ3n) is 3.88. The first-order valence-corrected chi connectivity index (χ1v) is 7.49. The van der Waals surface area contributed by atoms with E-state index in [9.17, 15) is 14.4 Å². The van der Waals surface area contributed by atoms with Crippen LogP contribution in [-0.2, 0) is 16.0 Å². The lowest BCUT2D eigenvalue weighted by Crippen LogP contribution is -2.51. The van der Waals surface area contributed by atoms with Crippen molar-refractivity contribution in [3.63, 3.8) is 0 Å². The van der Waals surface area contributed by atoms with Crippen molar-refractivity contribution >= 4 is 17.7 Å². The number of aryl methyl sites for hydroxylation is 1. The smallest absolute Gasteiger partial charge is 0.269 e. The lowest BCUT2D eigenvalue weighted by atomic mass is 10.1. The molecule has 0 bridgehead atoms. The summed E-state index contributed by atoms with van der Waals surface area (Å²) in [6.07, 6.45) is 2.32. The summed E-state index contributed by atoms with van der Waals surface area (Å²) in [6, 6.07) is 6.70. The van der Waals surface area contributed by atoms with Crippen LogP contribution in [0.1, 0.15) is 42.6 Å². The number of amides is 3. The van der Waals surface area contributed by atoms with Crippen LogP contribution < -0.4 is 10.9 Å². The number of carbonyl (C=O) groups is 3. The van der Waals surface area contributed by atoms with Gasteiger partial charge >= 0.3 is 0 Å². The minimum absolute atomic E-state index is 0.126. The van der Waals surface area contributed by atoms with Gasteiger partial charge in [-0.25, -0.2) is 0 Å². The van der Waals surface area contributed by atoms with Crippen LogP contribution in [0.15, 0.2) is 24.3 Å². The van der Waals surface area contributed by atoms with Gasteiger partial charge in [0, 0.05) is 19.0 Å². The zero-order chi connectivity index (χ0) is 16.1. The predicted molar refractivity (Wildman–Crippen MR) is 81.8 cm³/mol. The molecule has 1 aliphatic heterocycles. The molecule has 0 saturated carbocycles. The Hall–Kier alpha value is -2.37. The van der Waals surface area contributed by atoms with Gasteiger partial charge in [-0.2, -0.15) is 0 Å². The van der Waals surface area contributed by atoms with Crippen LogP contribution in [-0.4, -0.2) is 35.2 Å². The topological polar surface area (TPSA) is 78.5 Å². The predicted octanol–water partition coefficient (Wildman–Crippen LogP) is 1.02. The SMILES string of the molecule is CCc1ccc(C(=O)NNC(=O)C2CCCN2C(C)=O)cc1. The van der Waals surface area contributed by atoms with Crippen LogP contribution in [0.4, 0.5) is 0 Å². The van der Waals surface area contributed by atoms with E-state index in [1.165, 1.54) is 11.8 Å². The monoisotopic (exact) mass is 303 g/mol. The van der Waals surface area contributed by atoms with E-state index in [1.54, 1.807) is 12.1 Å². The molecule has 6 nitrogen and oxygen atoms in total. The van der Waals surface area contributed by atoms with E-state index in [0.717, 1.165) is 18.4 Å². The van der Waals surface area contributed by atoms with Crippen molar-refractivity contribution in [3.8, 4) is 0 Å². The van der Waals surface area contributed by atoms with Crippen LogP contribution in [0.25, 0.3) is 0 Å². The summed E-state index contributed by atoms with van der Waals surface area (Å²) in [5, 5.41) is 0. The van der Waals surface area contributed by atoms with Gasteiger partial charge in [-0.3, -0.25) is 25.2 Å². The molecule has 0 spiro atoms. The van der Waals surface area contributed by atoms with E-state index in [4.69, 9.17) is 0 Å². The molecule has 1 aromatic rings. The molecule has 1 saturated heterocycles. The number of hydrazine groups is 1. The number of benzene rings is 1. The third-order valence-corrected chi connectivity index (χ3v) is 3.88. The second kappa shape index (κ2) is 7.06. The van der Waals surface area contributed by atoms with Gasteiger partial charge < -0.3 is 4.90 Å². The molecule has 1 atom stereocenters. The zero-order valence-corrected chi connectivity index (χ0v) is 12.9. The van der Waals surface area contributed by atoms with Crippen molar-refractivity contribution in [2.75, 3.05) is 6.54 Å². The lowest BCUT2D eigenvalue weighted by molar-refractivity contribution is -0.137. The Bertz CT molecular complexity index is 569. The Labute approximate surface area is 129 Å². The number of nitrogens with one attached hydrogen (secondary N) is 2. The second-order valence-electron chi connectivity index (χ2n) is 5.36. The van der Waals surface area contributed by atoms with E-state index < -0.39 is 6.04 Å². The first kappa shape index (κ1) is 16.0. The summed E-state index contributed by atoms with van der Waals surface area (Å²) < 4.78 is 0. The molecule has 2 rings (SSSR count). The summed E-state index contributed by atoms with van der Waals surface area (Å²) >= 11 is 0. The van der Waals surface area contributed by atoms with Crippen molar-refractivity contribution in [1.29, 1.82) is 0 Å². The highest BCUT2D eigenvalue weighted by Crippen LogP contribution is 2.17. The van der Waals surface area contributed by atoms with Crippen LogP contribution in [0, 0.1) is 0 Å². The summed E-state index contributed by atoms with van der Waals surface area (Å²) in [4.78, 5) is 37.0. The fourth-order valence-corrected chi connectivity index (χ4v) is 2.58. The molecule has 0 aromatic heterocycles. The second-order valence-corrected chi connectivity index (χ2v) is 5.36. The fourth-order valence-electron chi connectivity index (χ4n) is 2.58. The first-order chi connectivity index (χ1) is 10.5. The molecule has 0 radical (unpaired) electrons. The van der Waals surface area contributed by atoms with Crippen molar-refractivity contribution in [1.82, 2.24) is 15.8 Å². The molecular formula is C16H21N3O3. The largest absolute Gasteiger partial charge is 0.331 e. The molecule has 1 aromatic carbocycles. The van der Waals surface area contributed by atoms with E-state index in [1.807, 2.05) is 19.1 Å². The van der Waals surface area contributed by atoms with Gasteiger partial charge in [0.25, 0.3) is 11.8 Å². The van der Waals surface area contributed by atoms with Gasteiger partial charge in [0.1, 0.15) is 6.04 Å². The molecule has 2 N–H and O–H groups in total. The van der Waals surface area contributed by atoms with Crippen molar-refractivity contribution in [2.24, 2.45) is 0 Å². The molecule has 1 fully saturated rings. The lowest BCUT2D eigenvalue weighted by Gasteiger charge is -2.22.